The standard InChI is InChI=1S/C12H19N5O3/c13-10(16-19)12(1-7-20-8-2-12)11(18)15-4-6-17-5-3-14-9-17/h3,5,9,19H,1-2,4,6-8H2,(H2,13,16)(H,15,18). The van der Waals surface area contributed by atoms with Gasteiger partial charge >= 0.3 is 0 Å². The number of amidine groups is 1. The number of ether oxygens (including phenoxy) is 1. The van der Waals surface area contributed by atoms with Gasteiger partial charge < -0.3 is 25.6 Å². The van der Waals surface area contributed by atoms with Crippen molar-refractivity contribution in [2.24, 2.45) is 16.3 Å². The molecule has 4 N–H and O–H groups in total. The summed E-state index contributed by atoms with van der Waals surface area (Å²) in [4.78, 5) is 16.3. The Morgan fingerprint density at radius 1 is 1.55 bits per heavy atom. The molecule has 1 aromatic rings. The average Bonchev–Trinajstić information content (AvgIpc) is 3.00. The zero-order valence-corrected chi connectivity index (χ0v) is 11.2. The Balaban J connectivity index is 1.96. The van der Waals surface area contributed by atoms with Crippen LogP contribution < -0.4 is 11.1 Å². The van der Waals surface area contributed by atoms with Crippen molar-refractivity contribution in [2.75, 3.05) is 19.8 Å². The van der Waals surface area contributed by atoms with E-state index in [2.05, 4.69) is 15.5 Å². The molecule has 1 aliphatic rings. The molecule has 1 aliphatic heterocycles. The van der Waals surface area contributed by atoms with Crippen molar-refractivity contribution in [3.63, 3.8) is 0 Å². The van der Waals surface area contributed by atoms with Crippen molar-refractivity contribution in [2.45, 2.75) is 19.4 Å². The summed E-state index contributed by atoms with van der Waals surface area (Å²) in [5.41, 5.74) is 4.75. The molecular formula is C12H19N5O3. The molecule has 0 spiro atoms. The predicted octanol–water partition coefficient (Wildman–Crippen LogP) is -0.457. The monoisotopic (exact) mass is 281 g/mol. The zero-order valence-electron chi connectivity index (χ0n) is 11.2. The van der Waals surface area contributed by atoms with E-state index in [-0.39, 0.29) is 11.7 Å². The Morgan fingerprint density at radius 2 is 2.30 bits per heavy atom. The molecule has 110 valence electrons. The summed E-state index contributed by atoms with van der Waals surface area (Å²) in [6, 6.07) is 0. The Labute approximate surface area is 116 Å². The van der Waals surface area contributed by atoms with Gasteiger partial charge in [0.2, 0.25) is 5.91 Å². The fourth-order valence-electron chi connectivity index (χ4n) is 2.30. The largest absolute Gasteiger partial charge is 0.409 e. The van der Waals surface area contributed by atoms with Crippen LogP contribution in [0.2, 0.25) is 0 Å². The molecule has 1 fully saturated rings. The topological polar surface area (TPSA) is 115 Å². The lowest BCUT2D eigenvalue weighted by Crippen LogP contribution is -2.53. The molecule has 1 saturated heterocycles. The van der Waals surface area contributed by atoms with Crippen LogP contribution in [0.3, 0.4) is 0 Å². The summed E-state index contributed by atoms with van der Waals surface area (Å²) in [6.07, 6.45) is 6.01. The first-order valence-corrected chi connectivity index (χ1v) is 6.49. The first-order valence-electron chi connectivity index (χ1n) is 6.49. The lowest BCUT2D eigenvalue weighted by molar-refractivity contribution is -0.131. The van der Waals surface area contributed by atoms with Crippen molar-refractivity contribution in [1.29, 1.82) is 0 Å². The van der Waals surface area contributed by atoms with E-state index >= 15 is 0 Å². The SMILES string of the molecule is NC(=NO)C1(C(=O)NCCn2ccnc2)CCOCC1. The van der Waals surface area contributed by atoms with Gasteiger partial charge in [-0.1, -0.05) is 5.16 Å². The molecular weight excluding hydrogens is 262 g/mol. The molecule has 0 unspecified atom stereocenters. The minimum atomic E-state index is -0.970. The number of imidazole rings is 1. The van der Waals surface area contributed by atoms with Crippen molar-refractivity contribution in [1.82, 2.24) is 14.9 Å². The summed E-state index contributed by atoms with van der Waals surface area (Å²) in [5, 5.41) is 14.8. The number of oxime groups is 1. The first kappa shape index (κ1) is 14.3. The Hall–Kier alpha value is -2.09. The highest BCUT2D eigenvalue weighted by molar-refractivity contribution is 6.06. The third-order valence-corrected chi connectivity index (χ3v) is 3.59. The minimum absolute atomic E-state index is 0.0547. The second-order valence-corrected chi connectivity index (χ2v) is 4.74. The smallest absolute Gasteiger partial charge is 0.234 e. The Bertz CT molecular complexity index is 465. The summed E-state index contributed by atoms with van der Waals surface area (Å²) in [5.74, 6) is -0.280. The van der Waals surface area contributed by atoms with Gasteiger partial charge in [-0.2, -0.15) is 0 Å². The number of hydrogen-bond donors (Lipinski definition) is 3. The number of rotatable bonds is 5. The van der Waals surface area contributed by atoms with Gasteiger partial charge in [-0.3, -0.25) is 4.79 Å². The van der Waals surface area contributed by atoms with Gasteiger partial charge in [0.1, 0.15) is 5.41 Å². The number of nitrogens with two attached hydrogens (primary N) is 1. The van der Waals surface area contributed by atoms with Gasteiger partial charge in [-0.15, -0.1) is 0 Å². The molecule has 0 atom stereocenters. The first-order chi connectivity index (χ1) is 9.69. The highest BCUT2D eigenvalue weighted by atomic mass is 16.5. The van der Waals surface area contributed by atoms with Crippen LogP contribution in [0, 0.1) is 5.41 Å². The number of nitrogens with zero attached hydrogens (tertiary/aromatic N) is 3. The summed E-state index contributed by atoms with van der Waals surface area (Å²) < 4.78 is 7.11. The number of carbonyl (C=O) groups excluding carboxylic acids is 1. The van der Waals surface area contributed by atoms with Crippen molar-refractivity contribution >= 4 is 11.7 Å². The molecule has 0 radical (unpaired) electrons. The molecule has 0 bridgehead atoms. The minimum Gasteiger partial charge on any atom is -0.409 e. The van der Waals surface area contributed by atoms with E-state index in [4.69, 9.17) is 15.7 Å². The molecule has 1 amide bonds. The second-order valence-electron chi connectivity index (χ2n) is 4.74. The molecule has 1 aromatic heterocycles. The van der Waals surface area contributed by atoms with Gasteiger partial charge in [-0.25, -0.2) is 4.98 Å². The third kappa shape index (κ3) is 2.90. The molecule has 8 nitrogen and oxygen atoms in total. The molecule has 20 heavy (non-hydrogen) atoms. The van der Waals surface area contributed by atoms with Crippen LogP contribution in [0.15, 0.2) is 23.9 Å². The Kier molecular flexibility index (Phi) is 4.57. The van der Waals surface area contributed by atoms with Gasteiger partial charge in [0.05, 0.1) is 6.33 Å². The van der Waals surface area contributed by atoms with Crippen LogP contribution in [-0.2, 0) is 16.1 Å². The molecule has 2 rings (SSSR count). The van der Waals surface area contributed by atoms with Crippen LogP contribution in [0.4, 0.5) is 0 Å². The predicted molar refractivity (Wildman–Crippen MR) is 71.1 cm³/mol. The fourth-order valence-corrected chi connectivity index (χ4v) is 2.30. The number of nitrogens with one attached hydrogen (secondary N) is 1. The maximum absolute atomic E-state index is 12.4. The van der Waals surface area contributed by atoms with Crippen LogP contribution in [0.25, 0.3) is 0 Å². The maximum atomic E-state index is 12.4. The molecule has 8 heteroatoms. The van der Waals surface area contributed by atoms with E-state index in [9.17, 15) is 4.79 Å². The highest BCUT2D eigenvalue weighted by Gasteiger charge is 2.44. The van der Waals surface area contributed by atoms with E-state index in [1.165, 1.54) is 0 Å². The van der Waals surface area contributed by atoms with Crippen molar-refractivity contribution < 1.29 is 14.7 Å². The lowest BCUT2D eigenvalue weighted by atomic mass is 9.78. The van der Waals surface area contributed by atoms with Gasteiger partial charge in [0.25, 0.3) is 0 Å². The van der Waals surface area contributed by atoms with Crippen LogP contribution in [0.1, 0.15) is 12.8 Å². The third-order valence-electron chi connectivity index (χ3n) is 3.59. The normalized spacial score (nSPS) is 18.7. The lowest BCUT2D eigenvalue weighted by Gasteiger charge is -2.34. The van der Waals surface area contributed by atoms with E-state index in [0.29, 0.717) is 39.1 Å². The van der Waals surface area contributed by atoms with Crippen molar-refractivity contribution in [3.8, 4) is 0 Å². The maximum Gasteiger partial charge on any atom is 0.234 e. The van der Waals surface area contributed by atoms with Crippen LogP contribution in [-0.4, -0.2) is 46.3 Å². The Morgan fingerprint density at radius 3 is 2.90 bits per heavy atom. The fraction of sp³-hybridized carbons (Fsp3) is 0.583. The van der Waals surface area contributed by atoms with Gasteiger partial charge in [0, 0.05) is 38.7 Å². The van der Waals surface area contributed by atoms with Crippen molar-refractivity contribution in [3.05, 3.63) is 18.7 Å². The number of carbonyl (C=O) groups is 1. The number of hydrogen-bond acceptors (Lipinski definition) is 5. The van der Waals surface area contributed by atoms with Crippen LogP contribution >= 0.6 is 0 Å². The highest BCUT2D eigenvalue weighted by Crippen LogP contribution is 2.31. The zero-order chi connectivity index (χ0) is 14.4. The molecule has 0 aliphatic carbocycles. The average molecular weight is 281 g/mol. The second kappa shape index (κ2) is 6.38. The summed E-state index contributed by atoms with van der Waals surface area (Å²) in [6.45, 7) is 1.92. The number of amides is 1. The van der Waals surface area contributed by atoms with E-state index in [1.807, 2.05) is 10.8 Å². The van der Waals surface area contributed by atoms with E-state index in [0.717, 1.165) is 0 Å². The molecule has 0 saturated carbocycles. The molecule has 0 aromatic carbocycles. The molecule has 2 heterocycles. The van der Waals surface area contributed by atoms with E-state index in [1.54, 1.807) is 12.5 Å². The summed E-state index contributed by atoms with van der Waals surface area (Å²) in [7, 11) is 0. The van der Waals surface area contributed by atoms with Crippen LogP contribution in [0.5, 0.6) is 0 Å². The van der Waals surface area contributed by atoms with E-state index < -0.39 is 5.41 Å². The van der Waals surface area contributed by atoms with Gasteiger partial charge in [0.15, 0.2) is 5.84 Å². The van der Waals surface area contributed by atoms with Gasteiger partial charge in [-0.05, 0) is 12.8 Å². The quantitative estimate of drug-likeness (QED) is 0.292. The summed E-state index contributed by atoms with van der Waals surface area (Å²) >= 11 is 0. The number of aromatic nitrogens is 2.